The number of halogens is 1. The van der Waals surface area contributed by atoms with Crippen molar-refractivity contribution in [3.8, 4) is 0 Å². The number of nitrogens with zero attached hydrogens (tertiary/aromatic N) is 2. The number of nitrogens with two attached hydrogens (primary N) is 1. The van der Waals surface area contributed by atoms with E-state index in [1.165, 1.54) is 24.3 Å². The lowest BCUT2D eigenvalue weighted by Crippen LogP contribution is -2.39. The summed E-state index contributed by atoms with van der Waals surface area (Å²) in [5, 5.41) is 3.79. The molecule has 2 N–H and O–H groups in total. The van der Waals surface area contributed by atoms with Gasteiger partial charge < -0.3 is 15.5 Å². The third-order valence-corrected chi connectivity index (χ3v) is 3.71. The van der Waals surface area contributed by atoms with E-state index in [2.05, 4.69) is 5.16 Å². The first-order chi connectivity index (χ1) is 10.6. The molecule has 6 heteroatoms. The van der Waals surface area contributed by atoms with Gasteiger partial charge in [0.2, 0.25) is 6.10 Å². The van der Waals surface area contributed by atoms with Crippen LogP contribution < -0.4 is 5.73 Å². The van der Waals surface area contributed by atoms with Crippen molar-refractivity contribution in [2.24, 2.45) is 10.9 Å². The van der Waals surface area contributed by atoms with Gasteiger partial charge in [-0.2, -0.15) is 0 Å². The maximum atomic E-state index is 12.8. The van der Waals surface area contributed by atoms with Gasteiger partial charge in [-0.25, -0.2) is 4.39 Å². The lowest BCUT2D eigenvalue weighted by Gasteiger charge is -2.22. The first kappa shape index (κ1) is 16.3. The van der Waals surface area contributed by atoms with Crippen molar-refractivity contribution in [1.29, 1.82) is 0 Å². The average molecular weight is 307 g/mol. The first-order valence-corrected chi connectivity index (χ1v) is 7.62. The molecule has 1 aromatic rings. The van der Waals surface area contributed by atoms with Crippen LogP contribution in [0.2, 0.25) is 0 Å². The highest BCUT2D eigenvalue weighted by Gasteiger charge is 2.22. The van der Waals surface area contributed by atoms with Crippen molar-refractivity contribution >= 4 is 11.7 Å². The van der Waals surface area contributed by atoms with Crippen LogP contribution in [0.5, 0.6) is 0 Å². The minimum atomic E-state index is -0.683. The minimum absolute atomic E-state index is 0.0717. The lowest BCUT2D eigenvalue weighted by molar-refractivity contribution is -0.142. The normalized spacial score (nSPS) is 17.7. The van der Waals surface area contributed by atoms with E-state index in [-0.39, 0.29) is 17.6 Å². The number of amides is 1. The van der Waals surface area contributed by atoms with Gasteiger partial charge in [-0.15, -0.1) is 0 Å². The maximum absolute atomic E-state index is 12.8. The second-order valence-corrected chi connectivity index (χ2v) is 5.47. The van der Waals surface area contributed by atoms with Gasteiger partial charge in [-0.3, -0.25) is 4.79 Å². The number of amidine groups is 1. The molecule has 0 spiro atoms. The molecular formula is C16H22FN3O2. The van der Waals surface area contributed by atoms with Crippen LogP contribution in [0, 0.1) is 5.82 Å². The largest absolute Gasteiger partial charge is 0.381 e. The number of likely N-dealkylation sites (tertiary alicyclic amines) is 1. The van der Waals surface area contributed by atoms with Gasteiger partial charge in [0, 0.05) is 18.7 Å². The SMILES string of the molecule is CC(O/N=C(/N)c1ccc(F)cc1)C(=O)N1CCCCCC1. The Balaban J connectivity index is 1.92. The Morgan fingerprint density at radius 2 is 1.82 bits per heavy atom. The molecule has 0 radical (unpaired) electrons. The zero-order valence-electron chi connectivity index (χ0n) is 12.8. The molecule has 1 heterocycles. The van der Waals surface area contributed by atoms with Gasteiger partial charge in [0.1, 0.15) is 5.82 Å². The Morgan fingerprint density at radius 3 is 2.41 bits per heavy atom. The fourth-order valence-electron chi connectivity index (χ4n) is 2.40. The molecule has 0 saturated carbocycles. The van der Waals surface area contributed by atoms with E-state index in [0.717, 1.165) is 38.8 Å². The van der Waals surface area contributed by atoms with E-state index < -0.39 is 6.10 Å². The highest BCUT2D eigenvalue weighted by atomic mass is 19.1. The Morgan fingerprint density at radius 1 is 1.23 bits per heavy atom. The number of hydrogen-bond donors (Lipinski definition) is 1. The molecular weight excluding hydrogens is 285 g/mol. The van der Waals surface area contributed by atoms with Gasteiger partial charge in [-0.1, -0.05) is 18.0 Å². The molecule has 1 aromatic carbocycles. The summed E-state index contributed by atoms with van der Waals surface area (Å²) in [6.45, 7) is 3.20. The van der Waals surface area contributed by atoms with Crippen LogP contribution in [0.15, 0.2) is 29.4 Å². The molecule has 0 bridgehead atoms. The second kappa shape index (κ2) is 7.77. The van der Waals surface area contributed by atoms with Crippen molar-refractivity contribution < 1.29 is 14.0 Å². The van der Waals surface area contributed by atoms with Gasteiger partial charge in [-0.05, 0) is 44.0 Å². The standard InChI is InChI=1S/C16H22FN3O2/c1-12(16(21)20-10-4-2-3-5-11-20)22-19-15(18)13-6-8-14(17)9-7-13/h6-9,12H,2-5,10-11H2,1H3,(H2,18,19). The number of oxime groups is 1. The van der Waals surface area contributed by atoms with Crippen LogP contribution in [-0.2, 0) is 9.63 Å². The van der Waals surface area contributed by atoms with Crippen LogP contribution in [0.25, 0.3) is 0 Å². The fourth-order valence-corrected chi connectivity index (χ4v) is 2.40. The van der Waals surface area contributed by atoms with Crippen LogP contribution in [0.3, 0.4) is 0 Å². The van der Waals surface area contributed by atoms with Gasteiger partial charge in [0.15, 0.2) is 5.84 Å². The summed E-state index contributed by atoms with van der Waals surface area (Å²) >= 11 is 0. The summed E-state index contributed by atoms with van der Waals surface area (Å²) in [6.07, 6.45) is 3.69. The quantitative estimate of drug-likeness (QED) is 0.527. The molecule has 5 nitrogen and oxygen atoms in total. The summed E-state index contributed by atoms with van der Waals surface area (Å²) in [6, 6.07) is 5.62. The number of rotatable bonds is 4. The third-order valence-electron chi connectivity index (χ3n) is 3.71. The first-order valence-electron chi connectivity index (χ1n) is 7.62. The molecule has 1 aliphatic rings. The highest BCUT2D eigenvalue weighted by Crippen LogP contribution is 2.12. The van der Waals surface area contributed by atoms with Gasteiger partial charge in [0.25, 0.3) is 5.91 Å². The molecule has 120 valence electrons. The van der Waals surface area contributed by atoms with Crippen LogP contribution in [0.4, 0.5) is 4.39 Å². The topological polar surface area (TPSA) is 67.9 Å². The summed E-state index contributed by atoms with van der Waals surface area (Å²) in [4.78, 5) is 19.3. The predicted octanol–water partition coefficient (Wildman–Crippen LogP) is 2.25. The monoisotopic (exact) mass is 307 g/mol. The molecule has 0 aromatic heterocycles. The van der Waals surface area contributed by atoms with Crippen LogP contribution >= 0.6 is 0 Å². The van der Waals surface area contributed by atoms with E-state index in [0.29, 0.717) is 5.56 Å². The summed E-state index contributed by atoms with van der Waals surface area (Å²) in [5.41, 5.74) is 6.33. The molecule has 1 amide bonds. The van der Waals surface area contributed by atoms with E-state index in [9.17, 15) is 9.18 Å². The maximum Gasteiger partial charge on any atom is 0.266 e. The molecule has 1 atom stereocenters. The molecule has 1 aliphatic heterocycles. The summed E-state index contributed by atoms with van der Waals surface area (Å²) in [5.74, 6) is -0.296. The molecule has 22 heavy (non-hydrogen) atoms. The minimum Gasteiger partial charge on any atom is -0.381 e. The Bertz CT molecular complexity index is 523. The van der Waals surface area contributed by atoms with E-state index in [1.54, 1.807) is 6.92 Å². The molecule has 2 rings (SSSR count). The fraction of sp³-hybridized carbons (Fsp3) is 0.500. The van der Waals surface area contributed by atoms with Gasteiger partial charge >= 0.3 is 0 Å². The van der Waals surface area contributed by atoms with Crippen molar-refractivity contribution in [3.63, 3.8) is 0 Å². The molecule has 0 aliphatic carbocycles. The van der Waals surface area contributed by atoms with Crippen LogP contribution in [-0.4, -0.2) is 35.8 Å². The van der Waals surface area contributed by atoms with E-state index in [4.69, 9.17) is 10.6 Å². The Labute approximate surface area is 129 Å². The van der Waals surface area contributed by atoms with E-state index in [1.807, 2.05) is 4.90 Å². The Kier molecular flexibility index (Phi) is 5.75. The number of carbonyl (C=O) groups excluding carboxylic acids is 1. The van der Waals surface area contributed by atoms with Crippen molar-refractivity contribution in [2.75, 3.05) is 13.1 Å². The van der Waals surface area contributed by atoms with Crippen molar-refractivity contribution in [1.82, 2.24) is 4.90 Å². The summed E-state index contributed by atoms with van der Waals surface area (Å²) < 4.78 is 12.8. The molecule has 1 saturated heterocycles. The zero-order valence-corrected chi connectivity index (χ0v) is 12.8. The average Bonchev–Trinajstić information content (AvgIpc) is 2.81. The predicted molar refractivity (Wildman–Crippen MR) is 82.7 cm³/mol. The smallest absolute Gasteiger partial charge is 0.266 e. The van der Waals surface area contributed by atoms with Crippen LogP contribution in [0.1, 0.15) is 38.2 Å². The molecule has 1 fully saturated rings. The summed E-state index contributed by atoms with van der Waals surface area (Å²) in [7, 11) is 0. The lowest BCUT2D eigenvalue weighted by atomic mass is 10.2. The highest BCUT2D eigenvalue weighted by molar-refractivity contribution is 5.97. The van der Waals surface area contributed by atoms with Crippen molar-refractivity contribution in [3.05, 3.63) is 35.6 Å². The Hall–Kier alpha value is -2.11. The van der Waals surface area contributed by atoms with Crippen molar-refractivity contribution in [2.45, 2.75) is 38.7 Å². The number of hydrogen-bond acceptors (Lipinski definition) is 3. The second-order valence-electron chi connectivity index (χ2n) is 5.47. The zero-order chi connectivity index (χ0) is 15.9. The number of benzene rings is 1. The number of carbonyl (C=O) groups is 1. The molecule has 1 unspecified atom stereocenters. The van der Waals surface area contributed by atoms with Gasteiger partial charge in [0.05, 0.1) is 0 Å². The van der Waals surface area contributed by atoms with E-state index >= 15 is 0 Å². The third kappa shape index (κ3) is 4.44.